The van der Waals surface area contributed by atoms with E-state index in [1.165, 1.54) is 0 Å². The van der Waals surface area contributed by atoms with Crippen molar-refractivity contribution in [1.82, 2.24) is 0 Å². The van der Waals surface area contributed by atoms with Crippen LogP contribution in [0.5, 0.6) is 0 Å². The third-order valence-corrected chi connectivity index (χ3v) is 3.76. The Hall–Kier alpha value is -0.960. The van der Waals surface area contributed by atoms with Crippen LogP contribution in [0.1, 0.15) is 19.4 Å². The van der Waals surface area contributed by atoms with E-state index in [2.05, 4.69) is 4.99 Å². The summed E-state index contributed by atoms with van der Waals surface area (Å²) in [4.78, 5) is 4.11. The highest BCUT2D eigenvalue weighted by Crippen LogP contribution is 2.47. The van der Waals surface area contributed by atoms with Crippen LogP contribution < -0.4 is 0 Å². The maximum absolute atomic E-state index is 12.0. The molecule has 0 saturated carbocycles. The molecule has 0 unspecified atom stereocenters. The molecule has 0 aliphatic rings. The summed E-state index contributed by atoms with van der Waals surface area (Å²) in [5.74, 6) is 0. The SMILES string of the molecule is CCOP(=O)(CN=Cc1ccccc1)OCC. The lowest BCUT2D eigenvalue weighted by atomic mass is 10.2. The number of hydrogen-bond donors (Lipinski definition) is 0. The maximum atomic E-state index is 12.0. The van der Waals surface area contributed by atoms with Crippen molar-refractivity contribution in [2.45, 2.75) is 13.8 Å². The van der Waals surface area contributed by atoms with Gasteiger partial charge < -0.3 is 9.05 Å². The molecular formula is C12H18NO3P. The summed E-state index contributed by atoms with van der Waals surface area (Å²) in [6.45, 7) is 4.29. The predicted octanol–water partition coefficient (Wildman–Crippen LogP) is 3.33. The minimum Gasteiger partial charge on any atom is -0.308 e. The average molecular weight is 255 g/mol. The topological polar surface area (TPSA) is 47.9 Å². The van der Waals surface area contributed by atoms with Gasteiger partial charge in [-0.15, -0.1) is 0 Å². The summed E-state index contributed by atoms with van der Waals surface area (Å²) in [5, 5.41) is 0. The van der Waals surface area contributed by atoms with Crippen LogP contribution >= 0.6 is 7.60 Å². The van der Waals surface area contributed by atoms with E-state index in [0.29, 0.717) is 13.2 Å². The van der Waals surface area contributed by atoms with Crippen molar-refractivity contribution < 1.29 is 13.6 Å². The Balaban J connectivity index is 2.58. The van der Waals surface area contributed by atoms with E-state index in [4.69, 9.17) is 9.05 Å². The van der Waals surface area contributed by atoms with Crippen LogP contribution in [0.15, 0.2) is 35.3 Å². The van der Waals surface area contributed by atoms with Gasteiger partial charge in [-0.25, -0.2) is 0 Å². The fraction of sp³-hybridized carbons (Fsp3) is 0.417. The molecule has 0 aliphatic carbocycles. The minimum absolute atomic E-state index is 0.0591. The highest BCUT2D eigenvalue weighted by atomic mass is 31.2. The molecule has 0 aliphatic heterocycles. The molecule has 0 fully saturated rings. The molecule has 0 aromatic heterocycles. The van der Waals surface area contributed by atoms with Crippen molar-refractivity contribution in [3.8, 4) is 0 Å². The largest absolute Gasteiger partial charge is 0.351 e. The third-order valence-electron chi connectivity index (χ3n) is 1.95. The van der Waals surface area contributed by atoms with Gasteiger partial charge in [0, 0.05) is 6.21 Å². The van der Waals surface area contributed by atoms with Crippen molar-refractivity contribution >= 4 is 13.8 Å². The number of hydrogen-bond acceptors (Lipinski definition) is 4. The van der Waals surface area contributed by atoms with Gasteiger partial charge in [0.1, 0.15) is 6.29 Å². The Morgan fingerprint density at radius 3 is 2.29 bits per heavy atom. The molecule has 0 heterocycles. The van der Waals surface area contributed by atoms with Gasteiger partial charge >= 0.3 is 7.60 Å². The Labute approximate surface area is 102 Å². The minimum atomic E-state index is -3.05. The van der Waals surface area contributed by atoms with Gasteiger partial charge in [-0.2, -0.15) is 0 Å². The van der Waals surface area contributed by atoms with Gasteiger partial charge in [-0.1, -0.05) is 30.3 Å². The van der Waals surface area contributed by atoms with E-state index in [1.54, 1.807) is 20.1 Å². The number of aliphatic imine (C=N–C) groups is 1. The molecule has 0 radical (unpaired) electrons. The molecule has 5 heteroatoms. The molecule has 1 rings (SSSR count). The van der Waals surface area contributed by atoms with Crippen LogP contribution in [0, 0.1) is 0 Å². The second-order valence-electron chi connectivity index (χ2n) is 3.31. The first-order chi connectivity index (χ1) is 8.20. The third kappa shape index (κ3) is 5.26. The molecule has 0 saturated heterocycles. The highest BCUT2D eigenvalue weighted by Gasteiger charge is 2.22. The van der Waals surface area contributed by atoms with Gasteiger partial charge in [0.05, 0.1) is 13.2 Å². The highest BCUT2D eigenvalue weighted by molar-refractivity contribution is 7.53. The van der Waals surface area contributed by atoms with E-state index in [1.807, 2.05) is 30.3 Å². The maximum Gasteiger partial charge on any atom is 0.351 e. The molecule has 94 valence electrons. The Bertz CT molecular complexity index is 382. The summed E-state index contributed by atoms with van der Waals surface area (Å²) in [5.41, 5.74) is 0.965. The van der Waals surface area contributed by atoms with Crippen LogP contribution in [0.3, 0.4) is 0 Å². The normalized spacial score (nSPS) is 12.1. The molecule has 0 bridgehead atoms. The van der Waals surface area contributed by atoms with Crippen molar-refractivity contribution in [2.24, 2.45) is 4.99 Å². The van der Waals surface area contributed by atoms with Gasteiger partial charge in [-0.3, -0.25) is 9.56 Å². The van der Waals surface area contributed by atoms with Crippen LogP contribution in [0.4, 0.5) is 0 Å². The molecule has 0 atom stereocenters. The van der Waals surface area contributed by atoms with Crippen LogP contribution in [-0.2, 0) is 13.6 Å². The summed E-state index contributed by atoms with van der Waals surface area (Å²) in [7, 11) is -3.05. The lowest BCUT2D eigenvalue weighted by Crippen LogP contribution is -1.98. The summed E-state index contributed by atoms with van der Waals surface area (Å²) < 4.78 is 22.3. The van der Waals surface area contributed by atoms with E-state index in [-0.39, 0.29) is 6.29 Å². The van der Waals surface area contributed by atoms with E-state index < -0.39 is 7.60 Å². The van der Waals surface area contributed by atoms with Crippen LogP contribution in [-0.4, -0.2) is 25.7 Å². The molecule has 4 nitrogen and oxygen atoms in total. The predicted molar refractivity (Wildman–Crippen MR) is 69.8 cm³/mol. The number of rotatable bonds is 7. The van der Waals surface area contributed by atoms with Crippen molar-refractivity contribution in [2.75, 3.05) is 19.5 Å². The van der Waals surface area contributed by atoms with Crippen LogP contribution in [0.25, 0.3) is 0 Å². The monoisotopic (exact) mass is 255 g/mol. The number of benzene rings is 1. The quantitative estimate of drug-likeness (QED) is 0.554. The van der Waals surface area contributed by atoms with Gasteiger partial charge in [0.2, 0.25) is 0 Å². The standard InChI is InChI=1S/C12H18NO3P/c1-3-15-17(14,16-4-2)11-13-10-12-8-6-5-7-9-12/h5-10H,3-4,11H2,1-2H3. The van der Waals surface area contributed by atoms with E-state index in [9.17, 15) is 4.57 Å². The molecule has 1 aromatic carbocycles. The Morgan fingerprint density at radius 2 is 1.76 bits per heavy atom. The molecule has 0 N–H and O–H groups in total. The zero-order valence-electron chi connectivity index (χ0n) is 10.2. The van der Waals surface area contributed by atoms with Gasteiger partial charge in [0.15, 0.2) is 0 Å². The van der Waals surface area contributed by atoms with Crippen molar-refractivity contribution in [3.05, 3.63) is 35.9 Å². The fourth-order valence-electron chi connectivity index (χ4n) is 1.30. The Morgan fingerprint density at radius 1 is 1.18 bits per heavy atom. The van der Waals surface area contributed by atoms with E-state index >= 15 is 0 Å². The molecular weight excluding hydrogens is 237 g/mol. The second-order valence-corrected chi connectivity index (χ2v) is 5.33. The Kier molecular flexibility index (Phi) is 6.12. The van der Waals surface area contributed by atoms with E-state index in [0.717, 1.165) is 5.56 Å². The smallest absolute Gasteiger partial charge is 0.308 e. The summed E-state index contributed by atoms with van der Waals surface area (Å²) >= 11 is 0. The fourth-order valence-corrected chi connectivity index (χ4v) is 2.60. The average Bonchev–Trinajstić information content (AvgIpc) is 2.31. The molecule has 17 heavy (non-hydrogen) atoms. The number of nitrogens with zero attached hydrogens (tertiary/aromatic N) is 1. The summed E-state index contributed by atoms with van der Waals surface area (Å²) in [6, 6.07) is 9.63. The molecule has 0 spiro atoms. The first-order valence-electron chi connectivity index (χ1n) is 5.63. The van der Waals surface area contributed by atoms with Gasteiger partial charge in [-0.05, 0) is 19.4 Å². The van der Waals surface area contributed by atoms with Gasteiger partial charge in [0.25, 0.3) is 0 Å². The first kappa shape index (κ1) is 14.1. The molecule has 1 aromatic rings. The first-order valence-corrected chi connectivity index (χ1v) is 7.36. The van der Waals surface area contributed by atoms with Crippen molar-refractivity contribution in [1.29, 1.82) is 0 Å². The molecule has 0 amide bonds. The lowest BCUT2D eigenvalue weighted by Gasteiger charge is -2.14. The van der Waals surface area contributed by atoms with Crippen LogP contribution in [0.2, 0.25) is 0 Å². The van der Waals surface area contributed by atoms with Crippen molar-refractivity contribution in [3.63, 3.8) is 0 Å². The zero-order chi connectivity index (χ0) is 12.6. The zero-order valence-corrected chi connectivity index (χ0v) is 11.1. The summed E-state index contributed by atoms with van der Waals surface area (Å²) in [6.07, 6.45) is 1.73. The lowest BCUT2D eigenvalue weighted by molar-refractivity contribution is 0.221. The second kappa shape index (κ2) is 7.38.